The Morgan fingerprint density at radius 2 is 1.89 bits per heavy atom. The second kappa shape index (κ2) is 9.95. The monoisotopic (exact) mass is 563 g/mol. The Labute approximate surface area is 221 Å². The molecule has 1 atom stereocenters. The highest BCUT2D eigenvalue weighted by Gasteiger charge is 2.31. The summed E-state index contributed by atoms with van der Waals surface area (Å²) in [6.07, 6.45) is -1.32. The van der Waals surface area contributed by atoms with E-state index in [4.69, 9.17) is 0 Å². The number of fused-ring (bicyclic) bond motifs is 1. The summed E-state index contributed by atoms with van der Waals surface area (Å²) < 4.78 is 68.6. The molecule has 0 spiro atoms. The first kappa shape index (κ1) is 26.0. The fourth-order valence-electron chi connectivity index (χ4n) is 4.58. The molecule has 1 N–H and O–H groups in total. The molecule has 200 valence electrons. The highest BCUT2D eigenvalue weighted by molar-refractivity contribution is 7.93. The molecular formula is C25H24F3N5O3S2. The Morgan fingerprint density at radius 1 is 1.13 bits per heavy atom. The van der Waals surface area contributed by atoms with Crippen LogP contribution in [-0.2, 0) is 27.5 Å². The van der Waals surface area contributed by atoms with E-state index in [0.717, 1.165) is 17.8 Å². The molecule has 8 nitrogen and oxygen atoms in total. The predicted octanol–water partition coefficient (Wildman–Crippen LogP) is 4.65. The number of rotatable bonds is 6. The fourth-order valence-corrected chi connectivity index (χ4v) is 6.37. The van der Waals surface area contributed by atoms with Crippen molar-refractivity contribution in [3.05, 3.63) is 71.9 Å². The van der Waals surface area contributed by atoms with E-state index in [1.54, 1.807) is 39.2 Å². The number of carbonyl (C=O) groups excluding carboxylic acids is 1. The Kier molecular flexibility index (Phi) is 6.82. The number of benzene rings is 2. The first-order chi connectivity index (χ1) is 18.0. The zero-order valence-electron chi connectivity index (χ0n) is 20.2. The zero-order valence-corrected chi connectivity index (χ0v) is 21.9. The summed E-state index contributed by atoms with van der Waals surface area (Å²) in [5.74, 6) is -0.179. The number of sulfonamides is 1. The number of nitrogens with one attached hydrogen (secondary N) is 1. The van der Waals surface area contributed by atoms with Gasteiger partial charge in [-0.15, -0.1) is 11.3 Å². The molecule has 0 aliphatic carbocycles. The van der Waals surface area contributed by atoms with Gasteiger partial charge in [-0.05, 0) is 54.8 Å². The maximum Gasteiger partial charge on any atom is 0.416 e. The predicted molar refractivity (Wildman–Crippen MR) is 140 cm³/mol. The topological polar surface area (TPSA) is 87.5 Å². The van der Waals surface area contributed by atoms with Crippen molar-refractivity contribution in [3.8, 4) is 0 Å². The van der Waals surface area contributed by atoms with Crippen molar-refractivity contribution < 1.29 is 26.4 Å². The Bertz CT molecular complexity index is 1550. The standard InChI is InChI=1S/C25H24F3N5O3S2/c1-17-15-31(20-4-6-21(7-5-20)38(35,36)30-24-29-9-13-37-24)11-12-33(17)23(34)16-32-10-8-18-2-3-19(14-22(18)32)25(26,27)28/h2-10,13-14,17H,11-12,15-16H2,1H3,(H,29,30)/t17-/m1/s1. The van der Waals surface area contributed by atoms with Crippen LogP contribution in [0.15, 0.2) is 71.2 Å². The molecule has 38 heavy (non-hydrogen) atoms. The highest BCUT2D eigenvalue weighted by Crippen LogP contribution is 2.32. The minimum Gasteiger partial charge on any atom is -0.368 e. The van der Waals surface area contributed by atoms with Crippen molar-refractivity contribution in [3.63, 3.8) is 0 Å². The Hall–Kier alpha value is -3.58. The van der Waals surface area contributed by atoms with Gasteiger partial charge in [0.15, 0.2) is 5.13 Å². The van der Waals surface area contributed by atoms with Crippen molar-refractivity contribution in [2.45, 2.75) is 30.6 Å². The molecule has 4 aromatic rings. The molecule has 1 aliphatic rings. The van der Waals surface area contributed by atoms with Crippen LogP contribution >= 0.6 is 11.3 Å². The van der Waals surface area contributed by atoms with Crippen molar-refractivity contribution >= 4 is 49.0 Å². The number of alkyl halides is 3. The van der Waals surface area contributed by atoms with E-state index < -0.39 is 21.8 Å². The maximum absolute atomic E-state index is 13.2. The van der Waals surface area contributed by atoms with Gasteiger partial charge in [-0.1, -0.05) is 6.07 Å². The summed E-state index contributed by atoms with van der Waals surface area (Å²) in [5, 5.41) is 2.60. The summed E-state index contributed by atoms with van der Waals surface area (Å²) in [7, 11) is -3.75. The summed E-state index contributed by atoms with van der Waals surface area (Å²) >= 11 is 1.19. The van der Waals surface area contributed by atoms with Gasteiger partial charge in [0.05, 0.1) is 10.5 Å². The lowest BCUT2D eigenvalue weighted by atomic mass is 10.1. The normalized spacial score (nSPS) is 16.7. The number of piperazine rings is 1. The molecule has 1 amide bonds. The van der Waals surface area contributed by atoms with Crippen LogP contribution in [0.1, 0.15) is 12.5 Å². The lowest BCUT2D eigenvalue weighted by molar-refractivity contribution is -0.137. The molecule has 0 saturated carbocycles. The van der Waals surface area contributed by atoms with E-state index in [9.17, 15) is 26.4 Å². The first-order valence-corrected chi connectivity index (χ1v) is 14.1. The summed E-state index contributed by atoms with van der Waals surface area (Å²) in [5.41, 5.74) is 0.434. The SMILES string of the molecule is C[C@@H]1CN(c2ccc(S(=O)(=O)Nc3nccs3)cc2)CCN1C(=O)Cn1ccc2ccc(C(F)(F)F)cc21. The average Bonchev–Trinajstić information content (AvgIpc) is 3.53. The summed E-state index contributed by atoms with van der Waals surface area (Å²) in [6, 6.07) is 11.6. The molecule has 13 heteroatoms. The van der Waals surface area contributed by atoms with Crippen molar-refractivity contribution in [2.24, 2.45) is 0 Å². The summed E-state index contributed by atoms with van der Waals surface area (Å²) in [6.45, 7) is 3.34. The minimum atomic E-state index is -4.46. The van der Waals surface area contributed by atoms with E-state index in [1.807, 2.05) is 6.92 Å². The van der Waals surface area contributed by atoms with Gasteiger partial charge in [0.1, 0.15) is 6.54 Å². The summed E-state index contributed by atoms with van der Waals surface area (Å²) in [4.78, 5) is 21.0. The third-order valence-electron chi connectivity index (χ3n) is 6.52. The number of hydrogen-bond donors (Lipinski definition) is 1. The van der Waals surface area contributed by atoms with Crippen LogP contribution in [0.25, 0.3) is 10.9 Å². The third kappa shape index (κ3) is 5.34. The first-order valence-electron chi connectivity index (χ1n) is 11.7. The number of aromatic nitrogens is 2. The second-order valence-corrected chi connectivity index (χ2v) is 11.6. The fraction of sp³-hybridized carbons (Fsp3) is 0.280. The van der Waals surface area contributed by atoms with Gasteiger partial charge in [-0.2, -0.15) is 13.2 Å². The van der Waals surface area contributed by atoms with Gasteiger partial charge in [-0.25, -0.2) is 13.4 Å². The minimum absolute atomic E-state index is 0.0617. The van der Waals surface area contributed by atoms with Crippen LogP contribution in [0.5, 0.6) is 0 Å². The largest absolute Gasteiger partial charge is 0.416 e. The van der Waals surface area contributed by atoms with E-state index in [2.05, 4.69) is 14.6 Å². The van der Waals surface area contributed by atoms with E-state index in [1.165, 1.54) is 35.7 Å². The van der Waals surface area contributed by atoms with Gasteiger partial charge < -0.3 is 14.4 Å². The highest BCUT2D eigenvalue weighted by atomic mass is 32.2. The third-order valence-corrected chi connectivity index (χ3v) is 8.69. The van der Waals surface area contributed by atoms with Crippen molar-refractivity contribution in [1.82, 2.24) is 14.5 Å². The molecule has 1 aliphatic heterocycles. The van der Waals surface area contributed by atoms with E-state index in [0.29, 0.717) is 30.5 Å². The van der Waals surface area contributed by atoms with Crippen LogP contribution < -0.4 is 9.62 Å². The van der Waals surface area contributed by atoms with Crippen molar-refractivity contribution in [1.29, 1.82) is 0 Å². The molecule has 0 unspecified atom stereocenters. The van der Waals surface area contributed by atoms with Crippen LogP contribution in [0.2, 0.25) is 0 Å². The molecule has 0 bridgehead atoms. The number of halogens is 3. The lowest BCUT2D eigenvalue weighted by Crippen LogP contribution is -2.54. The smallest absolute Gasteiger partial charge is 0.368 e. The number of anilines is 2. The molecule has 1 saturated heterocycles. The molecule has 2 aromatic carbocycles. The van der Waals surface area contributed by atoms with Gasteiger partial charge in [-0.3, -0.25) is 9.52 Å². The van der Waals surface area contributed by atoms with Crippen LogP contribution in [0.4, 0.5) is 24.0 Å². The van der Waals surface area contributed by atoms with Crippen LogP contribution in [0, 0.1) is 0 Å². The molecule has 5 rings (SSSR count). The maximum atomic E-state index is 13.2. The number of nitrogens with zero attached hydrogens (tertiary/aromatic N) is 4. The zero-order chi connectivity index (χ0) is 27.1. The number of carbonyl (C=O) groups is 1. The van der Waals surface area contributed by atoms with Gasteiger partial charge >= 0.3 is 6.18 Å². The van der Waals surface area contributed by atoms with Crippen LogP contribution in [-0.4, -0.2) is 54.5 Å². The van der Waals surface area contributed by atoms with Gasteiger partial charge in [0.2, 0.25) is 5.91 Å². The number of thiazole rings is 1. The number of hydrogen-bond acceptors (Lipinski definition) is 6. The van der Waals surface area contributed by atoms with Gasteiger partial charge in [0, 0.05) is 54.7 Å². The molecular weight excluding hydrogens is 539 g/mol. The molecule has 3 heterocycles. The van der Waals surface area contributed by atoms with E-state index >= 15 is 0 Å². The molecule has 0 radical (unpaired) electrons. The second-order valence-electron chi connectivity index (χ2n) is 9.03. The number of amides is 1. The Balaban J connectivity index is 1.24. The van der Waals surface area contributed by atoms with Crippen molar-refractivity contribution in [2.75, 3.05) is 29.3 Å². The quantitative estimate of drug-likeness (QED) is 0.369. The van der Waals surface area contributed by atoms with Gasteiger partial charge in [0.25, 0.3) is 10.0 Å². The average molecular weight is 564 g/mol. The van der Waals surface area contributed by atoms with E-state index in [-0.39, 0.29) is 28.5 Å². The van der Waals surface area contributed by atoms with Crippen LogP contribution in [0.3, 0.4) is 0 Å². The Morgan fingerprint density at radius 3 is 2.55 bits per heavy atom. The lowest BCUT2D eigenvalue weighted by Gasteiger charge is -2.41. The molecule has 2 aromatic heterocycles. The molecule has 1 fully saturated rings.